The maximum atomic E-state index is 13.6. The maximum Gasteiger partial charge on any atom is 0.430 e. The van der Waals surface area contributed by atoms with E-state index in [0.717, 1.165) is 21.2 Å². The number of phenolic OH excluding ortho intramolecular Hbond substituents is 1. The molecule has 6 rings (SSSR count). The van der Waals surface area contributed by atoms with Crippen LogP contribution >= 0.6 is 34.9 Å². The summed E-state index contributed by atoms with van der Waals surface area (Å²) in [7, 11) is 3.55. The molecule has 0 bridgehead atoms. The number of carboxylic acids is 1. The molecule has 0 aliphatic carbocycles. The normalized spacial score (nSPS) is 17.1. The molecule has 17 heteroatoms. The van der Waals surface area contributed by atoms with Crippen LogP contribution in [-0.4, -0.2) is 69.5 Å². The number of para-hydroxylation sites is 1. The first-order valence-corrected chi connectivity index (χ1v) is 17.3. The van der Waals surface area contributed by atoms with Gasteiger partial charge in [0.25, 0.3) is 5.91 Å². The van der Waals surface area contributed by atoms with Crippen LogP contribution in [0, 0.1) is 0 Å². The van der Waals surface area contributed by atoms with E-state index >= 15 is 0 Å². The van der Waals surface area contributed by atoms with Crippen LogP contribution in [0.4, 0.5) is 13.2 Å². The highest BCUT2D eigenvalue weighted by Gasteiger charge is 2.54. The van der Waals surface area contributed by atoms with Crippen molar-refractivity contribution in [3.05, 3.63) is 100 Å². The molecule has 1 saturated heterocycles. The minimum absolute atomic E-state index is 0.0474. The van der Waals surface area contributed by atoms with Crippen LogP contribution in [0.15, 0.2) is 98.4 Å². The number of aliphatic imine (C=N–C) groups is 1. The van der Waals surface area contributed by atoms with Gasteiger partial charge in [0.05, 0.1) is 12.8 Å². The number of amides is 1. The number of hydrogen-bond acceptors (Lipinski definition) is 12. The van der Waals surface area contributed by atoms with Gasteiger partial charge in [-0.15, -0.1) is 23.1 Å². The number of pyridine rings is 1. The molecule has 50 heavy (non-hydrogen) atoms. The van der Waals surface area contributed by atoms with Crippen LogP contribution in [0.1, 0.15) is 11.1 Å². The minimum atomic E-state index is -5.19. The van der Waals surface area contributed by atoms with Crippen LogP contribution in [0.25, 0.3) is 11.3 Å². The average molecular weight is 745 g/mol. The minimum Gasteiger partial charge on any atom is -0.542 e. The fraction of sp³-hybridized carbons (Fsp3) is 0.212. The summed E-state index contributed by atoms with van der Waals surface area (Å²) in [5, 5.41) is 20.5. The Kier molecular flexibility index (Phi) is 11.5. The van der Waals surface area contributed by atoms with Crippen molar-refractivity contribution in [2.45, 2.75) is 28.5 Å². The third-order valence-electron chi connectivity index (χ3n) is 7.14. The van der Waals surface area contributed by atoms with Crippen LogP contribution in [0.3, 0.4) is 0 Å². The topological polar surface area (TPSA) is 145 Å². The second-order valence-corrected chi connectivity index (χ2v) is 13.8. The van der Waals surface area contributed by atoms with Gasteiger partial charge in [0.1, 0.15) is 42.2 Å². The molecule has 1 N–H and O–H groups in total. The number of alkyl halides is 3. The van der Waals surface area contributed by atoms with Crippen molar-refractivity contribution in [2.24, 2.45) is 12.0 Å². The zero-order valence-electron chi connectivity index (χ0n) is 26.2. The van der Waals surface area contributed by atoms with Gasteiger partial charge in [0, 0.05) is 45.5 Å². The second-order valence-electron chi connectivity index (χ2n) is 10.5. The summed E-state index contributed by atoms with van der Waals surface area (Å²) >= 11 is 4.40. The molecule has 11 nitrogen and oxygen atoms in total. The van der Waals surface area contributed by atoms with Crippen molar-refractivity contribution >= 4 is 58.9 Å². The monoisotopic (exact) mass is 744 g/mol. The first-order valence-electron chi connectivity index (χ1n) is 14.5. The molecule has 1 fully saturated rings. The zero-order valence-corrected chi connectivity index (χ0v) is 28.6. The number of aromatic nitrogens is 2. The Labute approximate surface area is 296 Å². The predicted molar refractivity (Wildman–Crippen MR) is 178 cm³/mol. The summed E-state index contributed by atoms with van der Waals surface area (Å²) in [6, 6.07) is 17.4. The number of thioether (sulfide) groups is 2. The lowest BCUT2D eigenvalue weighted by molar-refractivity contribution is -0.671. The van der Waals surface area contributed by atoms with E-state index in [1.807, 2.05) is 53.7 Å². The van der Waals surface area contributed by atoms with E-state index in [4.69, 9.17) is 24.4 Å². The second kappa shape index (κ2) is 15.8. The summed E-state index contributed by atoms with van der Waals surface area (Å²) in [5.41, 5.74) is 3.39. The van der Waals surface area contributed by atoms with Crippen molar-refractivity contribution in [3.8, 4) is 22.8 Å². The molecule has 1 amide bonds. The van der Waals surface area contributed by atoms with Gasteiger partial charge in [-0.3, -0.25) is 14.7 Å². The number of esters is 1. The van der Waals surface area contributed by atoms with E-state index in [0.29, 0.717) is 22.0 Å². The number of β-lactam (4-membered cyclic amide) rings is 1. The Hall–Kier alpha value is -4.87. The molecular formula is C33H27F3N4O7S3. The first kappa shape index (κ1) is 36.4. The molecular weight excluding hydrogens is 718 g/mol. The van der Waals surface area contributed by atoms with Gasteiger partial charge >= 0.3 is 12.1 Å². The number of ether oxygens (including phenoxy) is 2. The smallest absolute Gasteiger partial charge is 0.430 e. The van der Waals surface area contributed by atoms with Crippen LogP contribution < -0.4 is 14.4 Å². The zero-order chi connectivity index (χ0) is 36.0. The molecule has 4 heterocycles. The molecule has 2 aromatic carbocycles. The highest BCUT2D eigenvalue weighted by Crippen LogP contribution is 2.47. The Morgan fingerprint density at radius 1 is 1.16 bits per heavy atom. The largest absolute Gasteiger partial charge is 0.542 e. The van der Waals surface area contributed by atoms with E-state index in [9.17, 15) is 27.9 Å². The number of carbonyl (C=O) groups is 3. The van der Waals surface area contributed by atoms with Gasteiger partial charge in [-0.05, 0) is 29.8 Å². The molecule has 0 saturated carbocycles. The van der Waals surface area contributed by atoms with Crippen molar-refractivity contribution in [3.63, 3.8) is 0 Å². The van der Waals surface area contributed by atoms with E-state index in [1.165, 1.54) is 46.0 Å². The molecule has 0 radical (unpaired) electrons. The van der Waals surface area contributed by atoms with Gasteiger partial charge in [-0.2, -0.15) is 13.2 Å². The van der Waals surface area contributed by atoms with E-state index in [2.05, 4.69) is 4.99 Å². The Morgan fingerprint density at radius 3 is 2.48 bits per heavy atom. The van der Waals surface area contributed by atoms with Crippen molar-refractivity contribution in [1.82, 2.24) is 9.88 Å². The molecule has 2 atom stereocenters. The lowest BCUT2D eigenvalue weighted by Crippen LogP contribution is -2.64. The molecule has 2 aromatic heterocycles. The fourth-order valence-electron chi connectivity index (χ4n) is 4.55. The Bertz CT molecular complexity index is 1930. The molecule has 2 aliphatic heterocycles. The van der Waals surface area contributed by atoms with Gasteiger partial charge in [-0.25, -0.2) is 14.3 Å². The predicted octanol–water partition coefficient (Wildman–Crippen LogP) is 4.10. The van der Waals surface area contributed by atoms with Crippen LogP contribution in [-0.2, 0) is 32.8 Å². The lowest BCUT2D eigenvalue weighted by atomic mass is 10.1. The maximum absolute atomic E-state index is 13.6. The first-order chi connectivity index (χ1) is 23.8. The van der Waals surface area contributed by atoms with Crippen LogP contribution in [0.2, 0.25) is 0 Å². The molecule has 2 aliphatic rings. The summed E-state index contributed by atoms with van der Waals surface area (Å²) in [6.45, 7) is 0.0474. The highest BCUT2D eigenvalue weighted by atomic mass is 32.2. The average Bonchev–Trinajstić information content (AvgIpc) is 3.56. The number of benzene rings is 2. The van der Waals surface area contributed by atoms with E-state index in [1.54, 1.807) is 43.5 Å². The lowest BCUT2D eigenvalue weighted by Gasteiger charge is -2.47. The Morgan fingerprint density at radius 2 is 1.84 bits per heavy atom. The standard InChI is InChI=1S/C31H26N4O5S3.C2HF3O2/c1-34-13-11-20(12-14-34)23-17-42-31(33-23)43-25-18-41-29-26(32-15-21-5-3-4-6-24(21)36)28(37)35(29)27(25)30(38)40-16-19-7-9-22(39-2)10-8-19;3-2(4,5)1(6)7/h3-15,17,26,29H,16,18H2,1-2H3;(H,6,7)/t26-,29?;/m1./s1. The number of rotatable bonds is 9. The number of carbonyl (C=O) groups excluding carboxylic acids is 3. The number of phenols is 1. The van der Waals surface area contributed by atoms with Gasteiger partial charge < -0.3 is 24.5 Å². The fourth-order valence-corrected chi connectivity index (χ4v) is 8.00. The van der Waals surface area contributed by atoms with Crippen molar-refractivity contribution in [1.29, 1.82) is 0 Å². The third-order valence-corrected chi connectivity index (χ3v) is 10.6. The van der Waals surface area contributed by atoms with Gasteiger partial charge in [0.15, 0.2) is 22.8 Å². The summed E-state index contributed by atoms with van der Waals surface area (Å²) in [6.07, 6.45) is 0.241. The number of carboxylic acid groups (broad SMARTS) is 1. The summed E-state index contributed by atoms with van der Waals surface area (Å²) in [5.74, 6) is -2.60. The van der Waals surface area contributed by atoms with Gasteiger partial charge in [0.2, 0.25) is 0 Å². The number of aryl methyl sites for hydroxylation is 1. The summed E-state index contributed by atoms with van der Waals surface area (Å²) < 4.78 is 45.2. The quantitative estimate of drug-likeness (QED) is 0.115. The number of methoxy groups -OCH3 is 1. The van der Waals surface area contributed by atoms with Crippen LogP contribution in [0.5, 0.6) is 11.5 Å². The summed E-state index contributed by atoms with van der Waals surface area (Å²) in [4.78, 5) is 47.3. The van der Waals surface area contributed by atoms with Crippen molar-refractivity contribution < 1.29 is 51.8 Å². The molecule has 260 valence electrons. The third kappa shape index (κ3) is 8.64. The van der Waals surface area contributed by atoms with Gasteiger partial charge in [-0.1, -0.05) is 36.0 Å². The highest BCUT2D eigenvalue weighted by molar-refractivity contribution is 8.07. The number of halogens is 3. The number of aromatic hydroxyl groups is 1. The number of hydrogen-bond donors (Lipinski definition) is 1. The Balaban J connectivity index is 0.000000630. The van der Waals surface area contributed by atoms with E-state index < -0.39 is 24.2 Å². The van der Waals surface area contributed by atoms with Crippen molar-refractivity contribution in [2.75, 3.05) is 12.9 Å². The molecule has 0 spiro atoms. The number of thiazole rings is 1. The molecule has 4 aromatic rings. The number of nitrogens with zero attached hydrogens (tertiary/aromatic N) is 4. The SMILES string of the molecule is COc1ccc(COC(=O)C2=C(Sc3nc(-c4cc[n+](C)cc4)cs3)CSC3[C@H](/N=C\c4ccccc4O)C(=O)N23)cc1.O=C([O-])C(F)(F)F. The molecule has 1 unspecified atom stereocenters. The number of aliphatic carboxylic acids is 1. The van der Waals surface area contributed by atoms with E-state index in [-0.39, 0.29) is 29.3 Å². The number of fused-ring (bicyclic) bond motifs is 1.